The number of aromatic nitrogens is 2. The Bertz CT molecular complexity index is 328. The van der Waals surface area contributed by atoms with E-state index in [4.69, 9.17) is 5.84 Å². The molecule has 1 saturated carbocycles. The average Bonchev–Trinajstić information content (AvgIpc) is 2.99. The van der Waals surface area contributed by atoms with E-state index in [-0.39, 0.29) is 0 Å². The number of hydrazine groups is 1. The third-order valence-corrected chi connectivity index (χ3v) is 3.82. The zero-order valence-electron chi connectivity index (χ0n) is 10.7. The Labute approximate surface area is 104 Å². The molecule has 4 nitrogen and oxygen atoms in total. The highest BCUT2D eigenvalue weighted by Gasteiger charge is 2.20. The molecule has 0 bridgehead atoms. The number of rotatable bonds is 6. The summed E-state index contributed by atoms with van der Waals surface area (Å²) in [6.45, 7) is 3.04. The molecule has 17 heavy (non-hydrogen) atoms. The van der Waals surface area contributed by atoms with E-state index in [1.54, 1.807) is 0 Å². The highest BCUT2D eigenvalue weighted by molar-refractivity contribution is 5.06. The summed E-state index contributed by atoms with van der Waals surface area (Å²) in [5.74, 6) is 6.53. The Kier molecular flexibility index (Phi) is 4.57. The van der Waals surface area contributed by atoms with Crippen LogP contribution in [0.4, 0.5) is 0 Å². The van der Waals surface area contributed by atoms with Gasteiger partial charge >= 0.3 is 0 Å². The molecule has 0 aliphatic heterocycles. The summed E-state index contributed by atoms with van der Waals surface area (Å²) in [7, 11) is 0. The van der Waals surface area contributed by atoms with Crippen molar-refractivity contribution < 1.29 is 0 Å². The number of hydrogen-bond donors (Lipinski definition) is 2. The summed E-state index contributed by atoms with van der Waals surface area (Å²) in [4.78, 5) is 0. The first kappa shape index (κ1) is 12.6. The first-order chi connectivity index (χ1) is 8.31. The molecular weight excluding hydrogens is 212 g/mol. The summed E-state index contributed by atoms with van der Waals surface area (Å²) < 4.78 is 1.97. The predicted molar refractivity (Wildman–Crippen MR) is 69.3 cm³/mol. The first-order valence-electron chi connectivity index (χ1n) is 6.79. The van der Waals surface area contributed by atoms with Gasteiger partial charge < -0.3 is 0 Å². The van der Waals surface area contributed by atoms with Gasteiger partial charge in [0.25, 0.3) is 0 Å². The van der Waals surface area contributed by atoms with Crippen LogP contribution in [0.1, 0.15) is 44.6 Å². The fourth-order valence-corrected chi connectivity index (χ4v) is 2.83. The molecular formula is C13H24N4. The van der Waals surface area contributed by atoms with Gasteiger partial charge in [-0.25, -0.2) is 0 Å². The standard InChI is InChI=1S/C13H24N4/c1-2-17-10-12(9-15-17)8-13(16-14)7-11-5-3-4-6-11/h9-11,13,16H,2-8,14H2,1H3. The lowest BCUT2D eigenvalue weighted by Gasteiger charge is -2.18. The van der Waals surface area contributed by atoms with Crippen molar-refractivity contribution in [2.75, 3.05) is 0 Å². The molecule has 0 radical (unpaired) electrons. The van der Waals surface area contributed by atoms with Crippen molar-refractivity contribution in [2.45, 2.75) is 58.0 Å². The Balaban J connectivity index is 1.85. The molecule has 1 aliphatic carbocycles. The van der Waals surface area contributed by atoms with Gasteiger partial charge in [0, 0.05) is 18.8 Å². The average molecular weight is 236 g/mol. The minimum absolute atomic E-state index is 0.396. The molecule has 3 N–H and O–H groups in total. The number of nitrogens with one attached hydrogen (secondary N) is 1. The molecule has 0 saturated heterocycles. The van der Waals surface area contributed by atoms with Crippen LogP contribution in [0.15, 0.2) is 12.4 Å². The largest absolute Gasteiger partial charge is 0.273 e. The lowest BCUT2D eigenvalue weighted by atomic mass is 9.95. The SMILES string of the molecule is CCn1cc(CC(CC2CCCC2)NN)cn1. The number of aryl methyl sites for hydroxylation is 1. The van der Waals surface area contributed by atoms with E-state index in [1.165, 1.54) is 37.7 Å². The second kappa shape index (κ2) is 6.17. The van der Waals surface area contributed by atoms with E-state index in [1.807, 2.05) is 10.9 Å². The molecule has 0 amide bonds. The highest BCUT2D eigenvalue weighted by atomic mass is 15.3. The van der Waals surface area contributed by atoms with E-state index < -0.39 is 0 Å². The maximum absolute atomic E-state index is 5.66. The predicted octanol–water partition coefficient (Wildman–Crippen LogP) is 1.86. The monoisotopic (exact) mass is 236 g/mol. The molecule has 1 unspecified atom stereocenters. The van der Waals surface area contributed by atoms with Crippen LogP contribution in [0.3, 0.4) is 0 Å². The van der Waals surface area contributed by atoms with Crippen molar-refractivity contribution in [3.63, 3.8) is 0 Å². The van der Waals surface area contributed by atoms with Crippen LogP contribution in [-0.4, -0.2) is 15.8 Å². The first-order valence-corrected chi connectivity index (χ1v) is 6.79. The molecule has 1 aliphatic rings. The van der Waals surface area contributed by atoms with E-state index in [2.05, 4.69) is 23.6 Å². The third-order valence-electron chi connectivity index (χ3n) is 3.82. The smallest absolute Gasteiger partial charge is 0.0522 e. The summed E-state index contributed by atoms with van der Waals surface area (Å²) in [6, 6.07) is 0.396. The molecule has 1 heterocycles. The third kappa shape index (κ3) is 3.54. The highest BCUT2D eigenvalue weighted by Crippen LogP contribution is 2.29. The van der Waals surface area contributed by atoms with Crippen LogP contribution in [0.2, 0.25) is 0 Å². The zero-order valence-corrected chi connectivity index (χ0v) is 10.7. The fourth-order valence-electron chi connectivity index (χ4n) is 2.83. The van der Waals surface area contributed by atoms with E-state index in [0.717, 1.165) is 18.9 Å². The minimum atomic E-state index is 0.396. The van der Waals surface area contributed by atoms with Gasteiger partial charge in [0.15, 0.2) is 0 Å². The Morgan fingerprint density at radius 3 is 2.88 bits per heavy atom. The van der Waals surface area contributed by atoms with Crippen molar-refractivity contribution in [1.29, 1.82) is 0 Å². The Morgan fingerprint density at radius 1 is 1.53 bits per heavy atom. The molecule has 4 heteroatoms. The van der Waals surface area contributed by atoms with Crippen LogP contribution in [0.5, 0.6) is 0 Å². The molecule has 1 aromatic heterocycles. The number of nitrogens with zero attached hydrogens (tertiary/aromatic N) is 2. The number of nitrogens with two attached hydrogens (primary N) is 1. The van der Waals surface area contributed by atoms with Crippen LogP contribution >= 0.6 is 0 Å². The van der Waals surface area contributed by atoms with Crippen LogP contribution in [-0.2, 0) is 13.0 Å². The normalized spacial score (nSPS) is 18.7. The maximum atomic E-state index is 5.66. The zero-order chi connectivity index (χ0) is 12.1. The Hall–Kier alpha value is -0.870. The van der Waals surface area contributed by atoms with Crippen LogP contribution in [0, 0.1) is 5.92 Å². The van der Waals surface area contributed by atoms with E-state index >= 15 is 0 Å². The lowest BCUT2D eigenvalue weighted by Crippen LogP contribution is -2.38. The van der Waals surface area contributed by atoms with Crippen molar-refractivity contribution in [3.8, 4) is 0 Å². The minimum Gasteiger partial charge on any atom is -0.273 e. The fraction of sp³-hybridized carbons (Fsp3) is 0.769. The van der Waals surface area contributed by atoms with Gasteiger partial charge in [-0.2, -0.15) is 5.10 Å². The summed E-state index contributed by atoms with van der Waals surface area (Å²) in [5, 5.41) is 4.30. The topological polar surface area (TPSA) is 55.9 Å². The summed E-state index contributed by atoms with van der Waals surface area (Å²) in [6.07, 6.45) is 11.8. The summed E-state index contributed by atoms with van der Waals surface area (Å²) >= 11 is 0. The molecule has 2 rings (SSSR count). The van der Waals surface area contributed by atoms with Gasteiger partial charge in [-0.05, 0) is 31.2 Å². The second-order valence-corrected chi connectivity index (χ2v) is 5.16. The molecule has 1 atom stereocenters. The van der Waals surface area contributed by atoms with Crippen molar-refractivity contribution in [3.05, 3.63) is 18.0 Å². The lowest BCUT2D eigenvalue weighted by molar-refractivity contribution is 0.389. The van der Waals surface area contributed by atoms with Gasteiger partial charge in [-0.1, -0.05) is 25.7 Å². The van der Waals surface area contributed by atoms with Gasteiger partial charge in [-0.15, -0.1) is 0 Å². The van der Waals surface area contributed by atoms with Gasteiger partial charge in [0.2, 0.25) is 0 Å². The molecule has 1 aromatic rings. The van der Waals surface area contributed by atoms with Gasteiger partial charge in [0.05, 0.1) is 6.20 Å². The quantitative estimate of drug-likeness (QED) is 0.585. The molecule has 0 aromatic carbocycles. The van der Waals surface area contributed by atoms with Gasteiger partial charge in [-0.3, -0.25) is 16.0 Å². The van der Waals surface area contributed by atoms with Crippen molar-refractivity contribution in [2.24, 2.45) is 11.8 Å². The van der Waals surface area contributed by atoms with Crippen LogP contribution < -0.4 is 11.3 Å². The number of hydrogen-bond acceptors (Lipinski definition) is 3. The maximum Gasteiger partial charge on any atom is 0.0522 e. The van der Waals surface area contributed by atoms with Crippen molar-refractivity contribution >= 4 is 0 Å². The van der Waals surface area contributed by atoms with Crippen LogP contribution in [0.25, 0.3) is 0 Å². The molecule has 0 spiro atoms. The van der Waals surface area contributed by atoms with Crippen molar-refractivity contribution in [1.82, 2.24) is 15.2 Å². The molecule has 96 valence electrons. The van der Waals surface area contributed by atoms with Gasteiger partial charge in [0.1, 0.15) is 0 Å². The van der Waals surface area contributed by atoms with E-state index in [0.29, 0.717) is 6.04 Å². The molecule has 1 fully saturated rings. The Morgan fingerprint density at radius 2 is 2.29 bits per heavy atom. The second-order valence-electron chi connectivity index (χ2n) is 5.16. The van der Waals surface area contributed by atoms with E-state index in [9.17, 15) is 0 Å². The summed E-state index contributed by atoms with van der Waals surface area (Å²) in [5.41, 5.74) is 4.25.